The molecule has 106 valence electrons. The molecule has 2 N–H and O–H groups in total. The Morgan fingerprint density at radius 3 is 2.45 bits per heavy atom. The number of hydrogen-bond acceptors (Lipinski definition) is 3. The van der Waals surface area contributed by atoms with Gasteiger partial charge < -0.3 is 15.2 Å². The summed E-state index contributed by atoms with van der Waals surface area (Å²) in [6.07, 6.45) is 4.98. The first-order chi connectivity index (χ1) is 9.42. The molecule has 1 amide bonds. The Bertz CT molecular complexity index is 525. The average Bonchev–Trinajstić information content (AvgIpc) is 2.34. The summed E-state index contributed by atoms with van der Waals surface area (Å²) < 4.78 is 5.33. The Balaban J connectivity index is 2.54. The van der Waals surface area contributed by atoms with Gasteiger partial charge in [-0.1, -0.05) is 6.07 Å². The third kappa shape index (κ3) is 5.02. The van der Waals surface area contributed by atoms with Crippen molar-refractivity contribution in [2.45, 2.75) is 26.3 Å². The topological polar surface area (TPSA) is 75.6 Å². The van der Waals surface area contributed by atoms with Gasteiger partial charge in [-0.2, -0.15) is 0 Å². The fourth-order valence-electron chi connectivity index (χ4n) is 1.72. The Kier molecular flexibility index (Phi) is 5.60. The first-order valence-electron chi connectivity index (χ1n) is 6.09. The van der Waals surface area contributed by atoms with Crippen molar-refractivity contribution in [3.8, 4) is 18.1 Å². The van der Waals surface area contributed by atoms with Gasteiger partial charge in [-0.15, -0.1) is 12.3 Å². The number of carboxylic acid groups (broad SMARTS) is 1. The smallest absolute Gasteiger partial charge is 0.327 e. The molecule has 1 atom stereocenters. The molecule has 0 aliphatic rings. The molecular formula is C15H17NO4. The van der Waals surface area contributed by atoms with E-state index in [1.165, 1.54) is 0 Å². The summed E-state index contributed by atoms with van der Waals surface area (Å²) in [6, 6.07) is 4.50. The monoisotopic (exact) mass is 275 g/mol. The molecule has 1 aromatic rings. The van der Waals surface area contributed by atoms with E-state index in [9.17, 15) is 9.59 Å². The van der Waals surface area contributed by atoms with E-state index in [-0.39, 0.29) is 13.0 Å². The van der Waals surface area contributed by atoms with Gasteiger partial charge in [0.25, 0.3) is 5.91 Å². The molecule has 0 aromatic heterocycles. The minimum absolute atomic E-state index is 0.0649. The summed E-state index contributed by atoms with van der Waals surface area (Å²) in [4.78, 5) is 22.4. The highest BCUT2D eigenvalue weighted by atomic mass is 16.5. The molecule has 1 rings (SSSR count). The van der Waals surface area contributed by atoms with Gasteiger partial charge in [-0.25, -0.2) is 4.79 Å². The quantitative estimate of drug-likeness (QED) is 0.767. The number of hydrogen-bond donors (Lipinski definition) is 2. The van der Waals surface area contributed by atoms with Gasteiger partial charge in [0, 0.05) is 6.42 Å². The summed E-state index contributed by atoms with van der Waals surface area (Å²) >= 11 is 0. The zero-order chi connectivity index (χ0) is 15.1. The van der Waals surface area contributed by atoms with Crippen LogP contribution in [0, 0.1) is 26.2 Å². The van der Waals surface area contributed by atoms with Gasteiger partial charge >= 0.3 is 5.97 Å². The second-order valence-electron chi connectivity index (χ2n) is 4.48. The standard InChI is InChI=1S/C15H17NO4/c1-4-5-13(15(18)19)16-14(17)9-20-12-7-10(2)6-11(3)8-12/h1,6-8,13H,5,9H2,2-3H3,(H,16,17)(H,18,19). The number of rotatable bonds is 6. The van der Waals surface area contributed by atoms with Gasteiger partial charge in [0.15, 0.2) is 6.61 Å². The highest BCUT2D eigenvalue weighted by Crippen LogP contribution is 2.15. The van der Waals surface area contributed by atoms with E-state index in [4.69, 9.17) is 16.3 Å². The largest absolute Gasteiger partial charge is 0.484 e. The third-order valence-corrected chi connectivity index (χ3v) is 2.52. The summed E-state index contributed by atoms with van der Waals surface area (Å²) in [5.74, 6) is 1.09. The second-order valence-corrected chi connectivity index (χ2v) is 4.48. The molecule has 0 fully saturated rings. The normalized spacial score (nSPS) is 11.2. The van der Waals surface area contributed by atoms with Crippen LogP contribution in [0.2, 0.25) is 0 Å². The first kappa shape index (κ1) is 15.6. The van der Waals surface area contributed by atoms with Crippen LogP contribution < -0.4 is 10.1 Å². The number of amides is 1. The molecule has 0 heterocycles. The number of ether oxygens (including phenoxy) is 1. The Morgan fingerprint density at radius 1 is 1.35 bits per heavy atom. The second kappa shape index (κ2) is 7.19. The highest BCUT2D eigenvalue weighted by Gasteiger charge is 2.18. The summed E-state index contributed by atoms with van der Waals surface area (Å²) in [6.45, 7) is 3.60. The molecule has 0 saturated heterocycles. The molecular weight excluding hydrogens is 258 g/mol. The van der Waals surface area contributed by atoms with Crippen LogP contribution in [0.15, 0.2) is 18.2 Å². The van der Waals surface area contributed by atoms with Gasteiger partial charge in [0.05, 0.1) is 0 Å². The van der Waals surface area contributed by atoms with Gasteiger partial charge in [-0.3, -0.25) is 4.79 Å². The van der Waals surface area contributed by atoms with E-state index in [0.29, 0.717) is 5.75 Å². The SMILES string of the molecule is C#CCC(NC(=O)COc1cc(C)cc(C)c1)C(=O)O. The van der Waals surface area contributed by atoms with Crippen LogP contribution >= 0.6 is 0 Å². The molecule has 1 aromatic carbocycles. The van der Waals surface area contributed by atoms with Crippen molar-refractivity contribution in [3.05, 3.63) is 29.3 Å². The average molecular weight is 275 g/mol. The molecule has 1 unspecified atom stereocenters. The van der Waals surface area contributed by atoms with Crippen LogP contribution in [-0.2, 0) is 9.59 Å². The van der Waals surface area contributed by atoms with Gasteiger partial charge in [-0.05, 0) is 37.1 Å². The van der Waals surface area contributed by atoms with Crippen molar-refractivity contribution in [1.82, 2.24) is 5.32 Å². The third-order valence-electron chi connectivity index (χ3n) is 2.52. The van der Waals surface area contributed by atoms with E-state index in [1.54, 1.807) is 12.1 Å². The molecule has 0 aliphatic carbocycles. The summed E-state index contributed by atoms with van der Waals surface area (Å²) in [5.41, 5.74) is 2.05. The molecule has 20 heavy (non-hydrogen) atoms. The maximum absolute atomic E-state index is 11.6. The number of aliphatic carboxylic acids is 1. The minimum Gasteiger partial charge on any atom is -0.484 e. The van der Waals surface area contributed by atoms with Crippen LogP contribution in [0.5, 0.6) is 5.75 Å². The summed E-state index contributed by atoms with van der Waals surface area (Å²) in [7, 11) is 0. The molecule has 0 aliphatic heterocycles. The number of carbonyl (C=O) groups excluding carboxylic acids is 1. The number of carbonyl (C=O) groups is 2. The van der Waals surface area contributed by atoms with Gasteiger partial charge in [0.1, 0.15) is 11.8 Å². The molecule has 0 bridgehead atoms. The number of carboxylic acids is 1. The fraction of sp³-hybridized carbons (Fsp3) is 0.333. The van der Waals surface area contributed by atoms with E-state index in [2.05, 4.69) is 11.2 Å². The van der Waals surface area contributed by atoms with Crippen molar-refractivity contribution in [2.75, 3.05) is 6.61 Å². The van der Waals surface area contributed by atoms with Crippen LogP contribution in [0.1, 0.15) is 17.5 Å². The fourth-order valence-corrected chi connectivity index (χ4v) is 1.72. The van der Waals surface area contributed by atoms with Crippen molar-refractivity contribution in [2.24, 2.45) is 0 Å². The maximum Gasteiger partial charge on any atom is 0.327 e. The van der Waals surface area contributed by atoms with E-state index >= 15 is 0 Å². The highest BCUT2D eigenvalue weighted by molar-refractivity contribution is 5.84. The van der Waals surface area contributed by atoms with Crippen LogP contribution in [0.4, 0.5) is 0 Å². The van der Waals surface area contributed by atoms with Crippen molar-refractivity contribution >= 4 is 11.9 Å². The van der Waals surface area contributed by atoms with E-state index in [0.717, 1.165) is 11.1 Å². The lowest BCUT2D eigenvalue weighted by Gasteiger charge is -2.13. The number of nitrogens with one attached hydrogen (secondary N) is 1. The number of aryl methyl sites for hydroxylation is 2. The Morgan fingerprint density at radius 2 is 1.95 bits per heavy atom. The zero-order valence-corrected chi connectivity index (χ0v) is 11.5. The molecule has 5 heteroatoms. The van der Waals surface area contributed by atoms with Crippen LogP contribution in [0.25, 0.3) is 0 Å². The van der Waals surface area contributed by atoms with Crippen molar-refractivity contribution in [1.29, 1.82) is 0 Å². The predicted molar refractivity (Wildman–Crippen MR) is 74.4 cm³/mol. The van der Waals surface area contributed by atoms with E-state index in [1.807, 2.05) is 19.9 Å². The zero-order valence-electron chi connectivity index (χ0n) is 11.5. The lowest BCUT2D eigenvalue weighted by molar-refractivity contribution is -0.141. The Hall–Kier alpha value is -2.48. The van der Waals surface area contributed by atoms with Crippen molar-refractivity contribution < 1.29 is 19.4 Å². The Labute approximate surface area is 117 Å². The van der Waals surface area contributed by atoms with Crippen molar-refractivity contribution in [3.63, 3.8) is 0 Å². The van der Waals surface area contributed by atoms with Gasteiger partial charge in [0.2, 0.25) is 0 Å². The lowest BCUT2D eigenvalue weighted by atomic mass is 10.1. The van der Waals surface area contributed by atoms with E-state index < -0.39 is 17.9 Å². The molecule has 0 radical (unpaired) electrons. The minimum atomic E-state index is -1.16. The first-order valence-corrected chi connectivity index (χ1v) is 6.09. The molecule has 0 spiro atoms. The van der Waals surface area contributed by atoms with Crippen LogP contribution in [-0.4, -0.2) is 29.6 Å². The molecule has 0 saturated carbocycles. The van der Waals surface area contributed by atoms with Crippen LogP contribution in [0.3, 0.4) is 0 Å². The maximum atomic E-state index is 11.6. The predicted octanol–water partition coefficient (Wildman–Crippen LogP) is 1.27. The number of terminal acetylenes is 1. The number of benzene rings is 1. The lowest BCUT2D eigenvalue weighted by Crippen LogP contribution is -2.42. The molecule has 5 nitrogen and oxygen atoms in total. The summed E-state index contributed by atoms with van der Waals surface area (Å²) in [5, 5.41) is 11.2.